The van der Waals surface area contributed by atoms with Crippen LogP contribution in [0.25, 0.3) is 6.08 Å². The average molecular weight is 397 g/mol. The first kappa shape index (κ1) is 18.4. The number of piperazine rings is 1. The Labute approximate surface area is 166 Å². The fourth-order valence-electron chi connectivity index (χ4n) is 3.23. The van der Waals surface area contributed by atoms with Crippen molar-refractivity contribution in [2.45, 2.75) is 0 Å². The maximum atomic E-state index is 12.6. The fourth-order valence-corrected chi connectivity index (χ4v) is 4.07. The van der Waals surface area contributed by atoms with Gasteiger partial charge >= 0.3 is 0 Å². The Morgan fingerprint density at radius 2 is 1.82 bits per heavy atom. The van der Waals surface area contributed by atoms with Crippen LogP contribution in [0.15, 0.2) is 58.2 Å². The number of carbonyl (C=O) groups is 3. The minimum absolute atomic E-state index is 0.209. The highest BCUT2D eigenvalue weighted by molar-refractivity contribution is 8.18. The summed E-state index contributed by atoms with van der Waals surface area (Å²) in [5.41, 5.74) is 1.83. The topological polar surface area (TPSA) is 74.1 Å². The molecule has 0 unspecified atom stereocenters. The van der Waals surface area contributed by atoms with Crippen LogP contribution in [0.5, 0.6) is 0 Å². The second-order valence-corrected chi connectivity index (χ2v) is 7.52. The predicted octanol–water partition coefficient (Wildman–Crippen LogP) is 2.66. The van der Waals surface area contributed by atoms with Gasteiger partial charge in [-0.15, -0.1) is 0 Å². The fraction of sp³-hybridized carbons (Fsp3) is 0.250. The van der Waals surface area contributed by atoms with Gasteiger partial charge in [-0.25, -0.2) is 0 Å². The highest BCUT2D eigenvalue weighted by Gasteiger charge is 2.37. The van der Waals surface area contributed by atoms with Crippen LogP contribution in [0.1, 0.15) is 5.56 Å². The lowest BCUT2D eigenvalue weighted by Crippen LogP contribution is -2.51. The molecule has 2 aliphatic heterocycles. The molecule has 2 aliphatic rings. The number of anilines is 1. The van der Waals surface area contributed by atoms with Crippen LogP contribution >= 0.6 is 11.8 Å². The molecule has 2 saturated heterocycles. The van der Waals surface area contributed by atoms with Crippen molar-refractivity contribution < 1.29 is 18.8 Å². The number of imide groups is 1. The monoisotopic (exact) mass is 397 g/mol. The molecule has 8 heteroatoms. The van der Waals surface area contributed by atoms with Gasteiger partial charge in [0.2, 0.25) is 5.91 Å². The lowest BCUT2D eigenvalue weighted by molar-refractivity contribution is -0.136. The first-order valence-electron chi connectivity index (χ1n) is 8.97. The highest BCUT2D eigenvalue weighted by atomic mass is 32.2. The molecule has 4 rings (SSSR count). The first-order chi connectivity index (χ1) is 13.6. The molecule has 0 radical (unpaired) electrons. The molecule has 1 aromatic heterocycles. The van der Waals surface area contributed by atoms with Crippen LogP contribution in [-0.2, 0) is 9.59 Å². The van der Waals surface area contributed by atoms with Crippen LogP contribution in [0.2, 0.25) is 0 Å². The zero-order valence-electron chi connectivity index (χ0n) is 15.1. The van der Waals surface area contributed by atoms with Crippen molar-refractivity contribution in [2.75, 3.05) is 37.6 Å². The molecule has 144 valence electrons. The van der Waals surface area contributed by atoms with Crippen molar-refractivity contribution in [3.05, 3.63) is 59.4 Å². The Morgan fingerprint density at radius 3 is 2.50 bits per heavy atom. The van der Waals surface area contributed by atoms with Gasteiger partial charge in [0.25, 0.3) is 11.1 Å². The van der Waals surface area contributed by atoms with E-state index in [4.69, 9.17) is 4.42 Å². The zero-order chi connectivity index (χ0) is 19.5. The average Bonchev–Trinajstić information content (AvgIpc) is 3.33. The lowest BCUT2D eigenvalue weighted by atomic mass is 10.2. The second-order valence-electron chi connectivity index (χ2n) is 6.53. The van der Waals surface area contributed by atoms with Crippen LogP contribution in [0, 0.1) is 0 Å². The Bertz CT molecular complexity index is 903. The van der Waals surface area contributed by atoms with Gasteiger partial charge in [-0.05, 0) is 36.0 Å². The predicted molar refractivity (Wildman–Crippen MR) is 107 cm³/mol. The lowest BCUT2D eigenvalue weighted by Gasteiger charge is -2.36. The smallest absolute Gasteiger partial charge is 0.294 e. The van der Waals surface area contributed by atoms with E-state index in [2.05, 4.69) is 4.90 Å². The number of nitrogens with zero attached hydrogens (tertiary/aromatic N) is 3. The molecule has 2 fully saturated rings. The third-order valence-corrected chi connectivity index (χ3v) is 5.67. The SMILES string of the molecule is O=C(CN1C(=O)S/C(=C/c2ccoc2)C1=O)N1CCN(c2ccccc2)CC1. The number of hydrogen-bond donors (Lipinski definition) is 0. The van der Waals surface area contributed by atoms with Gasteiger partial charge in [0.15, 0.2) is 0 Å². The van der Waals surface area contributed by atoms with Gasteiger partial charge in [-0.3, -0.25) is 19.3 Å². The summed E-state index contributed by atoms with van der Waals surface area (Å²) in [5, 5.41) is -0.420. The van der Waals surface area contributed by atoms with E-state index in [1.165, 1.54) is 12.5 Å². The van der Waals surface area contributed by atoms with E-state index in [1.54, 1.807) is 17.0 Å². The molecule has 3 heterocycles. The number of amides is 3. The summed E-state index contributed by atoms with van der Waals surface area (Å²) in [6.07, 6.45) is 4.58. The summed E-state index contributed by atoms with van der Waals surface area (Å²) in [7, 11) is 0. The Kier molecular flexibility index (Phi) is 5.21. The Hall–Kier alpha value is -3.00. The molecule has 0 bridgehead atoms. The maximum Gasteiger partial charge on any atom is 0.294 e. The van der Waals surface area contributed by atoms with Crippen molar-refractivity contribution in [3.8, 4) is 0 Å². The summed E-state index contributed by atoms with van der Waals surface area (Å²) in [6, 6.07) is 11.7. The van der Waals surface area contributed by atoms with E-state index in [0.29, 0.717) is 23.6 Å². The standard InChI is InChI=1S/C20H19N3O4S/c24-18(22-9-7-21(8-10-22)16-4-2-1-3-5-16)13-23-19(25)17(28-20(23)26)12-15-6-11-27-14-15/h1-6,11-12,14H,7-10,13H2/b17-12+. The second kappa shape index (κ2) is 7.93. The minimum atomic E-state index is -0.438. The number of carbonyl (C=O) groups excluding carboxylic acids is 3. The molecule has 0 aliphatic carbocycles. The van der Waals surface area contributed by atoms with Gasteiger partial charge in [0.05, 0.1) is 17.4 Å². The van der Waals surface area contributed by atoms with E-state index in [9.17, 15) is 14.4 Å². The molecule has 7 nitrogen and oxygen atoms in total. The normalized spacial score (nSPS) is 19.0. The molecule has 0 atom stereocenters. The van der Waals surface area contributed by atoms with Gasteiger partial charge in [0.1, 0.15) is 6.54 Å². The van der Waals surface area contributed by atoms with Crippen LogP contribution in [-0.4, -0.2) is 59.6 Å². The summed E-state index contributed by atoms with van der Waals surface area (Å²) < 4.78 is 4.97. The molecule has 0 saturated carbocycles. The summed E-state index contributed by atoms with van der Waals surface area (Å²) in [6.45, 7) is 2.35. The van der Waals surface area contributed by atoms with Gasteiger partial charge in [-0.2, -0.15) is 0 Å². The van der Waals surface area contributed by atoms with Crippen LogP contribution in [0.3, 0.4) is 0 Å². The third-order valence-electron chi connectivity index (χ3n) is 4.76. The van der Waals surface area contributed by atoms with Crippen molar-refractivity contribution in [3.63, 3.8) is 0 Å². The molecule has 0 N–H and O–H groups in total. The van der Waals surface area contributed by atoms with E-state index >= 15 is 0 Å². The summed E-state index contributed by atoms with van der Waals surface area (Å²) in [4.78, 5) is 42.6. The Morgan fingerprint density at radius 1 is 1.07 bits per heavy atom. The quantitative estimate of drug-likeness (QED) is 0.739. The summed E-state index contributed by atoms with van der Waals surface area (Å²) in [5.74, 6) is -0.646. The Balaban J connectivity index is 1.35. The van der Waals surface area contributed by atoms with E-state index in [-0.39, 0.29) is 12.5 Å². The van der Waals surface area contributed by atoms with Crippen molar-refractivity contribution >= 4 is 40.6 Å². The van der Waals surface area contributed by atoms with E-state index in [1.807, 2.05) is 30.3 Å². The van der Waals surface area contributed by atoms with Crippen LogP contribution < -0.4 is 4.90 Å². The maximum absolute atomic E-state index is 12.6. The molecule has 0 spiro atoms. The number of furan rings is 1. The molecular weight excluding hydrogens is 378 g/mol. The molecule has 2 aromatic rings. The number of hydrogen-bond acceptors (Lipinski definition) is 6. The van der Waals surface area contributed by atoms with Gasteiger partial charge in [-0.1, -0.05) is 18.2 Å². The van der Waals surface area contributed by atoms with Crippen molar-refractivity contribution in [2.24, 2.45) is 0 Å². The van der Waals surface area contributed by atoms with Gasteiger partial charge in [0, 0.05) is 37.4 Å². The largest absolute Gasteiger partial charge is 0.472 e. The highest BCUT2D eigenvalue weighted by Crippen LogP contribution is 2.32. The number of benzene rings is 1. The van der Waals surface area contributed by atoms with Crippen LogP contribution in [0.4, 0.5) is 10.5 Å². The van der Waals surface area contributed by atoms with Gasteiger partial charge < -0.3 is 14.2 Å². The number of thioether (sulfide) groups is 1. The molecular formula is C20H19N3O4S. The molecule has 28 heavy (non-hydrogen) atoms. The first-order valence-corrected chi connectivity index (χ1v) is 9.79. The number of para-hydroxylation sites is 1. The zero-order valence-corrected chi connectivity index (χ0v) is 15.9. The number of rotatable bonds is 4. The van der Waals surface area contributed by atoms with Crippen molar-refractivity contribution in [1.29, 1.82) is 0 Å². The van der Waals surface area contributed by atoms with Crippen molar-refractivity contribution in [1.82, 2.24) is 9.80 Å². The van der Waals surface area contributed by atoms with E-state index < -0.39 is 11.1 Å². The minimum Gasteiger partial charge on any atom is -0.472 e. The molecule has 1 aromatic carbocycles. The molecule has 3 amide bonds. The summed E-state index contributed by atoms with van der Waals surface area (Å²) >= 11 is 0.844. The van der Waals surface area contributed by atoms with E-state index in [0.717, 1.165) is 35.4 Å². The third kappa shape index (κ3) is 3.82.